The van der Waals surface area contributed by atoms with E-state index >= 15 is 0 Å². The summed E-state index contributed by atoms with van der Waals surface area (Å²) in [5, 5.41) is 6.34. The van der Waals surface area contributed by atoms with Crippen LogP contribution in [0, 0.1) is 5.82 Å². The quantitative estimate of drug-likeness (QED) is 0.365. The largest absolute Gasteiger partial charge is 0.489 e. The summed E-state index contributed by atoms with van der Waals surface area (Å²) in [7, 11) is 1.64. The molecule has 1 unspecified atom stereocenters. The first-order chi connectivity index (χ1) is 11.7. The van der Waals surface area contributed by atoms with Gasteiger partial charge in [0.1, 0.15) is 17.7 Å². The number of halogens is 1. The zero-order valence-electron chi connectivity index (χ0n) is 14.7. The van der Waals surface area contributed by atoms with E-state index in [2.05, 4.69) is 15.6 Å². The van der Waals surface area contributed by atoms with Gasteiger partial charge in [-0.2, -0.15) is 0 Å². The number of hydrogen-bond acceptors (Lipinski definition) is 4. The number of aliphatic imine (C=N–C) groups is 1. The van der Waals surface area contributed by atoms with E-state index in [-0.39, 0.29) is 11.9 Å². The summed E-state index contributed by atoms with van der Waals surface area (Å²) in [5.41, 5.74) is 0. The van der Waals surface area contributed by atoms with Crippen molar-refractivity contribution >= 4 is 5.96 Å². The molecule has 1 atom stereocenters. The number of rotatable bonds is 11. The van der Waals surface area contributed by atoms with Crippen LogP contribution < -0.4 is 15.4 Å². The van der Waals surface area contributed by atoms with Crippen molar-refractivity contribution in [2.45, 2.75) is 20.0 Å². The number of ether oxygens (including phenoxy) is 3. The third-order valence-electron chi connectivity index (χ3n) is 2.95. The van der Waals surface area contributed by atoms with Gasteiger partial charge in [-0.05, 0) is 26.0 Å². The molecule has 7 heteroatoms. The fourth-order valence-electron chi connectivity index (χ4n) is 1.86. The van der Waals surface area contributed by atoms with Crippen molar-refractivity contribution in [3.63, 3.8) is 0 Å². The molecular weight excluding hydrogens is 313 g/mol. The Morgan fingerprint density at radius 1 is 1.25 bits per heavy atom. The molecule has 0 spiro atoms. The normalized spacial score (nSPS) is 12.8. The van der Waals surface area contributed by atoms with E-state index in [9.17, 15) is 4.39 Å². The second-order valence-corrected chi connectivity index (χ2v) is 5.14. The monoisotopic (exact) mass is 341 g/mol. The van der Waals surface area contributed by atoms with E-state index in [0.717, 1.165) is 6.54 Å². The fourth-order valence-corrected chi connectivity index (χ4v) is 1.86. The van der Waals surface area contributed by atoms with Crippen LogP contribution in [-0.2, 0) is 9.47 Å². The van der Waals surface area contributed by atoms with Crippen LogP contribution in [0.3, 0.4) is 0 Å². The van der Waals surface area contributed by atoms with Gasteiger partial charge in [0.25, 0.3) is 0 Å². The van der Waals surface area contributed by atoms with E-state index in [1.54, 1.807) is 19.2 Å². The summed E-state index contributed by atoms with van der Waals surface area (Å²) < 4.78 is 29.1. The van der Waals surface area contributed by atoms with Crippen molar-refractivity contribution in [1.82, 2.24) is 10.6 Å². The van der Waals surface area contributed by atoms with Crippen LogP contribution in [0.15, 0.2) is 29.3 Å². The molecule has 0 aliphatic carbocycles. The van der Waals surface area contributed by atoms with Gasteiger partial charge in [-0.25, -0.2) is 9.38 Å². The van der Waals surface area contributed by atoms with Crippen LogP contribution in [0.25, 0.3) is 0 Å². The Kier molecular flexibility index (Phi) is 10.6. The van der Waals surface area contributed by atoms with Crippen molar-refractivity contribution in [2.75, 3.05) is 46.6 Å². The van der Waals surface area contributed by atoms with Gasteiger partial charge in [0.2, 0.25) is 0 Å². The molecule has 6 nitrogen and oxygen atoms in total. The van der Waals surface area contributed by atoms with Crippen LogP contribution in [0.4, 0.5) is 4.39 Å². The lowest BCUT2D eigenvalue weighted by Gasteiger charge is -2.15. The average molecular weight is 341 g/mol. The highest BCUT2D eigenvalue weighted by Gasteiger charge is 2.05. The second kappa shape index (κ2) is 12.5. The first kappa shape index (κ1) is 20.2. The minimum atomic E-state index is -0.313. The van der Waals surface area contributed by atoms with Gasteiger partial charge < -0.3 is 24.8 Å². The summed E-state index contributed by atoms with van der Waals surface area (Å²) in [6, 6.07) is 6.10. The van der Waals surface area contributed by atoms with E-state index in [0.29, 0.717) is 44.6 Å². The molecule has 0 saturated carbocycles. The predicted molar refractivity (Wildman–Crippen MR) is 93.2 cm³/mol. The van der Waals surface area contributed by atoms with Gasteiger partial charge in [0.15, 0.2) is 5.96 Å². The molecule has 1 aromatic carbocycles. The maximum absolute atomic E-state index is 13.1. The number of guanidine groups is 1. The third-order valence-corrected chi connectivity index (χ3v) is 2.95. The third kappa shape index (κ3) is 9.32. The van der Waals surface area contributed by atoms with Crippen molar-refractivity contribution in [2.24, 2.45) is 4.99 Å². The Morgan fingerprint density at radius 3 is 2.79 bits per heavy atom. The molecule has 0 aliphatic heterocycles. The predicted octanol–water partition coefficient (Wildman–Crippen LogP) is 1.81. The lowest BCUT2D eigenvalue weighted by atomic mass is 10.3. The molecule has 0 radical (unpaired) electrons. The molecular formula is C17H28FN3O3. The fraction of sp³-hybridized carbons (Fsp3) is 0.588. The topological polar surface area (TPSA) is 64.1 Å². The Bertz CT molecular complexity index is 486. The first-order valence-electron chi connectivity index (χ1n) is 8.16. The summed E-state index contributed by atoms with van der Waals surface area (Å²) in [4.78, 5) is 4.46. The maximum Gasteiger partial charge on any atom is 0.191 e. The van der Waals surface area contributed by atoms with Gasteiger partial charge >= 0.3 is 0 Å². The molecule has 0 aromatic heterocycles. The van der Waals surface area contributed by atoms with E-state index in [1.165, 1.54) is 12.1 Å². The van der Waals surface area contributed by atoms with Gasteiger partial charge in [-0.15, -0.1) is 0 Å². The molecule has 0 saturated heterocycles. The van der Waals surface area contributed by atoms with E-state index in [1.807, 2.05) is 13.8 Å². The lowest BCUT2D eigenvalue weighted by molar-refractivity contribution is 0.0733. The van der Waals surface area contributed by atoms with Gasteiger partial charge in [-0.1, -0.05) is 6.07 Å². The molecule has 1 rings (SSSR count). The van der Waals surface area contributed by atoms with Crippen molar-refractivity contribution in [1.29, 1.82) is 0 Å². The van der Waals surface area contributed by atoms with Gasteiger partial charge in [0, 0.05) is 26.3 Å². The zero-order valence-corrected chi connectivity index (χ0v) is 14.7. The minimum absolute atomic E-state index is 0.166. The smallest absolute Gasteiger partial charge is 0.191 e. The Labute approximate surface area is 143 Å². The Balaban J connectivity index is 2.35. The molecule has 0 heterocycles. The molecule has 24 heavy (non-hydrogen) atoms. The molecule has 0 fully saturated rings. The molecule has 0 amide bonds. The minimum Gasteiger partial charge on any atom is -0.489 e. The molecule has 1 aromatic rings. The average Bonchev–Trinajstić information content (AvgIpc) is 2.55. The van der Waals surface area contributed by atoms with Crippen LogP contribution >= 0.6 is 0 Å². The Morgan fingerprint density at radius 2 is 2.08 bits per heavy atom. The summed E-state index contributed by atoms with van der Waals surface area (Å²) in [6.45, 7) is 7.49. The number of hydrogen-bond donors (Lipinski definition) is 2. The highest BCUT2D eigenvalue weighted by atomic mass is 19.1. The summed E-state index contributed by atoms with van der Waals surface area (Å²) in [5.74, 6) is 0.886. The van der Waals surface area contributed by atoms with Crippen molar-refractivity contribution < 1.29 is 18.6 Å². The summed E-state index contributed by atoms with van der Waals surface area (Å²) >= 11 is 0. The number of nitrogens with one attached hydrogen (secondary N) is 2. The van der Waals surface area contributed by atoms with Gasteiger partial charge in [-0.3, -0.25) is 0 Å². The number of nitrogens with zero attached hydrogens (tertiary/aromatic N) is 1. The maximum atomic E-state index is 13.1. The first-order valence-corrected chi connectivity index (χ1v) is 8.16. The number of benzene rings is 1. The SMILES string of the molecule is CCNC(=NCC(C)Oc1cccc(F)c1)NCCOCCOC. The van der Waals surface area contributed by atoms with Crippen LogP contribution in [0.5, 0.6) is 5.75 Å². The van der Waals surface area contributed by atoms with Crippen molar-refractivity contribution in [3.05, 3.63) is 30.1 Å². The molecule has 0 aliphatic rings. The second-order valence-electron chi connectivity index (χ2n) is 5.14. The summed E-state index contributed by atoms with van der Waals surface area (Å²) in [6.07, 6.45) is -0.166. The van der Waals surface area contributed by atoms with Crippen LogP contribution in [-0.4, -0.2) is 58.6 Å². The van der Waals surface area contributed by atoms with Crippen LogP contribution in [0.2, 0.25) is 0 Å². The van der Waals surface area contributed by atoms with E-state index < -0.39 is 0 Å². The molecule has 0 bridgehead atoms. The highest BCUT2D eigenvalue weighted by molar-refractivity contribution is 5.79. The number of methoxy groups -OCH3 is 1. The lowest BCUT2D eigenvalue weighted by Crippen LogP contribution is -2.39. The zero-order chi connectivity index (χ0) is 17.6. The van der Waals surface area contributed by atoms with Gasteiger partial charge in [0.05, 0.1) is 26.4 Å². The standard InChI is InChI=1S/C17H28FN3O3/c1-4-19-17(20-8-9-23-11-10-22-3)21-13-14(2)24-16-7-5-6-15(18)12-16/h5-7,12,14H,4,8-11,13H2,1-3H3,(H2,19,20,21). The molecule has 136 valence electrons. The van der Waals surface area contributed by atoms with Crippen LogP contribution in [0.1, 0.15) is 13.8 Å². The highest BCUT2D eigenvalue weighted by Crippen LogP contribution is 2.13. The Hall–Kier alpha value is -1.86. The van der Waals surface area contributed by atoms with Crippen molar-refractivity contribution in [3.8, 4) is 5.75 Å². The van der Waals surface area contributed by atoms with E-state index in [4.69, 9.17) is 14.2 Å². The molecule has 2 N–H and O–H groups in total.